The van der Waals surface area contributed by atoms with Gasteiger partial charge < -0.3 is 10.2 Å². The molecule has 1 saturated heterocycles. The Morgan fingerprint density at radius 2 is 1.97 bits per heavy atom. The molecule has 0 spiro atoms. The highest BCUT2D eigenvalue weighted by atomic mass is 35.5. The van der Waals surface area contributed by atoms with Crippen molar-refractivity contribution in [1.29, 1.82) is 0 Å². The minimum atomic E-state index is -0.131. The van der Waals surface area contributed by atoms with E-state index in [2.05, 4.69) is 25.4 Å². The Morgan fingerprint density at radius 1 is 1.13 bits per heavy atom. The second-order valence-electron chi connectivity index (χ2n) is 7.47. The lowest BCUT2D eigenvalue weighted by Crippen LogP contribution is -2.44. The van der Waals surface area contributed by atoms with Gasteiger partial charge in [-0.05, 0) is 37.1 Å². The second kappa shape index (κ2) is 9.70. The molecule has 160 valence electrons. The SMILES string of the molecule is O=C(NCCn1cnccc1=O)C1CCCN(c2ccc(-c3ccc(Cl)cc3)nn2)C1. The lowest BCUT2D eigenvalue weighted by molar-refractivity contribution is -0.125. The molecule has 4 rings (SSSR count). The van der Waals surface area contributed by atoms with Crippen molar-refractivity contribution in [2.24, 2.45) is 5.92 Å². The van der Waals surface area contributed by atoms with Gasteiger partial charge in [-0.15, -0.1) is 10.2 Å². The third kappa shape index (κ3) is 5.27. The van der Waals surface area contributed by atoms with Gasteiger partial charge in [0.25, 0.3) is 5.56 Å². The Morgan fingerprint density at radius 3 is 2.71 bits per heavy atom. The Kier molecular flexibility index (Phi) is 6.57. The summed E-state index contributed by atoms with van der Waals surface area (Å²) in [4.78, 5) is 30.4. The van der Waals surface area contributed by atoms with Crippen molar-refractivity contribution in [2.75, 3.05) is 24.5 Å². The standard InChI is InChI=1S/C22H23ClN6O2/c23-18-5-3-16(4-6-18)19-7-8-20(27-26-19)28-12-1-2-17(14-28)22(31)25-11-13-29-15-24-10-9-21(29)30/h3-10,15,17H,1-2,11-14H2,(H,25,31). The highest BCUT2D eigenvalue weighted by molar-refractivity contribution is 6.30. The number of rotatable bonds is 6. The number of aromatic nitrogens is 4. The molecule has 2 aromatic heterocycles. The number of nitrogens with zero attached hydrogens (tertiary/aromatic N) is 5. The molecule has 0 saturated carbocycles. The second-order valence-corrected chi connectivity index (χ2v) is 7.91. The predicted molar refractivity (Wildman–Crippen MR) is 119 cm³/mol. The summed E-state index contributed by atoms with van der Waals surface area (Å²) in [6.45, 7) is 2.21. The number of amides is 1. The van der Waals surface area contributed by atoms with Gasteiger partial charge >= 0.3 is 0 Å². The summed E-state index contributed by atoms with van der Waals surface area (Å²) in [5.41, 5.74) is 1.60. The molecule has 1 amide bonds. The molecule has 0 radical (unpaired) electrons. The Bertz CT molecular complexity index is 1080. The zero-order chi connectivity index (χ0) is 21.6. The summed E-state index contributed by atoms with van der Waals surface area (Å²) in [5, 5.41) is 12.3. The van der Waals surface area contributed by atoms with Crippen LogP contribution in [-0.2, 0) is 11.3 Å². The lowest BCUT2D eigenvalue weighted by atomic mass is 9.97. The maximum absolute atomic E-state index is 12.6. The van der Waals surface area contributed by atoms with E-state index >= 15 is 0 Å². The van der Waals surface area contributed by atoms with Gasteiger partial charge in [-0.25, -0.2) is 4.98 Å². The molecular weight excluding hydrogens is 416 g/mol. The van der Waals surface area contributed by atoms with Crippen LogP contribution in [0.4, 0.5) is 5.82 Å². The van der Waals surface area contributed by atoms with Crippen molar-refractivity contribution in [2.45, 2.75) is 19.4 Å². The van der Waals surface area contributed by atoms with Crippen LogP contribution in [0.2, 0.25) is 5.02 Å². The van der Waals surface area contributed by atoms with Crippen LogP contribution in [0.25, 0.3) is 11.3 Å². The van der Waals surface area contributed by atoms with Crippen molar-refractivity contribution in [1.82, 2.24) is 25.1 Å². The summed E-state index contributed by atoms with van der Waals surface area (Å²) in [7, 11) is 0. The number of benzene rings is 1. The van der Waals surface area contributed by atoms with E-state index in [0.717, 1.165) is 36.5 Å². The van der Waals surface area contributed by atoms with E-state index in [0.29, 0.717) is 24.7 Å². The molecule has 0 aliphatic carbocycles. The first-order valence-electron chi connectivity index (χ1n) is 10.2. The van der Waals surface area contributed by atoms with Crippen LogP contribution in [-0.4, -0.2) is 45.3 Å². The molecule has 1 aliphatic rings. The number of carbonyl (C=O) groups excluding carboxylic acids is 1. The highest BCUT2D eigenvalue weighted by Crippen LogP contribution is 2.24. The normalized spacial score (nSPS) is 16.2. The first kappa shape index (κ1) is 21.0. The van der Waals surface area contributed by atoms with Crippen LogP contribution >= 0.6 is 11.6 Å². The summed E-state index contributed by atoms with van der Waals surface area (Å²) in [6.07, 6.45) is 4.66. The minimum Gasteiger partial charge on any atom is -0.354 e. The zero-order valence-electron chi connectivity index (χ0n) is 16.9. The lowest BCUT2D eigenvalue weighted by Gasteiger charge is -2.32. The molecule has 9 heteroatoms. The maximum atomic E-state index is 12.6. The average Bonchev–Trinajstić information content (AvgIpc) is 2.81. The summed E-state index contributed by atoms with van der Waals surface area (Å²) in [5.74, 6) is 0.627. The van der Waals surface area contributed by atoms with E-state index in [1.165, 1.54) is 23.2 Å². The van der Waals surface area contributed by atoms with Gasteiger partial charge in [0, 0.05) is 49.0 Å². The first-order valence-corrected chi connectivity index (χ1v) is 10.6. The molecule has 1 N–H and O–H groups in total. The van der Waals surface area contributed by atoms with Gasteiger partial charge in [0.15, 0.2) is 5.82 Å². The molecule has 1 fully saturated rings. The van der Waals surface area contributed by atoms with Crippen molar-refractivity contribution < 1.29 is 4.79 Å². The number of nitrogens with one attached hydrogen (secondary N) is 1. The fourth-order valence-electron chi connectivity index (χ4n) is 3.66. The van der Waals surface area contributed by atoms with Crippen molar-refractivity contribution in [3.05, 3.63) is 70.4 Å². The van der Waals surface area contributed by atoms with Crippen molar-refractivity contribution in [3.8, 4) is 11.3 Å². The molecule has 1 aliphatic heterocycles. The van der Waals surface area contributed by atoms with Gasteiger partial charge in [-0.2, -0.15) is 0 Å². The summed E-state index contributed by atoms with van der Waals surface area (Å²) < 4.78 is 1.48. The number of hydrogen-bond donors (Lipinski definition) is 1. The van der Waals surface area contributed by atoms with E-state index in [9.17, 15) is 9.59 Å². The van der Waals surface area contributed by atoms with Crippen LogP contribution in [0, 0.1) is 5.92 Å². The monoisotopic (exact) mass is 438 g/mol. The minimum absolute atomic E-state index is 0.00705. The van der Waals surface area contributed by atoms with E-state index in [1.54, 1.807) is 0 Å². The van der Waals surface area contributed by atoms with Crippen molar-refractivity contribution >= 4 is 23.3 Å². The van der Waals surface area contributed by atoms with E-state index in [-0.39, 0.29) is 17.4 Å². The fraction of sp³-hybridized carbons (Fsp3) is 0.318. The molecule has 0 bridgehead atoms. The zero-order valence-corrected chi connectivity index (χ0v) is 17.7. The molecule has 1 atom stereocenters. The van der Waals surface area contributed by atoms with Crippen molar-refractivity contribution in [3.63, 3.8) is 0 Å². The molecular formula is C22H23ClN6O2. The van der Waals surface area contributed by atoms with Gasteiger partial charge in [0.05, 0.1) is 17.9 Å². The molecule has 8 nitrogen and oxygen atoms in total. The number of carbonyl (C=O) groups is 1. The average molecular weight is 439 g/mol. The highest BCUT2D eigenvalue weighted by Gasteiger charge is 2.26. The first-order chi connectivity index (χ1) is 15.1. The Balaban J connectivity index is 1.33. The van der Waals surface area contributed by atoms with Gasteiger partial charge in [-0.3, -0.25) is 14.2 Å². The van der Waals surface area contributed by atoms with Crippen LogP contribution < -0.4 is 15.8 Å². The summed E-state index contributed by atoms with van der Waals surface area (Å²) >= 11 is 5.94. The predicted octanol–water partition coefficient (Wildman–Crippen LogP) is 2.39. The molecule has 3 heterocycles. The summed E-state index contributed by atoms with van der Waals surface area (Å²) in [6, 6.07) is 12.7. The third-order valence-corrected chi connectivity index (χ3v) is 5.60. The Hall–Kier alpha value is -3.26. The largest absolute Gasteiger partial charge is 0.354 e. The van der Waals surface area contributed by atoms with Gasteiger partial charge in [0.1, 0.15) is 0 Å². The molecule has 1 aromatic carbocycles. The Labute approximate surface area is 184 Å². The quantitative estimate of drug-likeness (QED) is 0.635. The molecule has 1 unspecified atom stereocenters. The smallest absolute Gasteiger partial charge is 0.253 e. The third-order valence-electron chi connectivity index (χ3n) is 5.35. The van der Waals surface area contributed by atoms with Crippen LogP contribution in [0.15, 0.2) is 59.8 Å². The number of piperidine rings is 1. The van der Waals surface area contributed by atoms with Gasteiger partial charge in [-0.1, -0.05) is 23.7 Å². The van der Waals surface area contributed by atoms with E-state index < -0.39 is 0 Å². The van der Waals surface area contributed by atoms with Crippen LogP contribution in [0.5, 0.6) is 0 Å². The molecule has 3 aromatic rings. The number of anilines is 1. The molecule has 31 heavy (non-hydrogen) atoms. The van der Waals surface area contributed by atoms with Gasteiger partial charge in [0.2, 0.25) is 5.91 Å². The van der Waals surface area contributed by atoms with Crippen LogP contribution in [0.3, 0.4) is 0 Å². The fourth-order valence-corrected chi connectivity index (χ4v) is 3.78. The van der Waals surface area contributed by atoms with E-state index in [4.69, 9.17) is 11.6 Å². The van der Waals surface area contributed by atoms with Crippen LogP contribution in [0.1, 0.15) is 12.8 Å². The number of hydrogen-bond acceptors (Lipinski definition) is 6. The topological polar surface area (TPSA) is 93.0 Å². The van der Waals surface area contributed by atoms with E-state index in [1.807, 2.05) is 36.4 Å². The number of halogens is 1. The maximum Gasteiger partial charge on any atom is 0.253 e.